The predicted molar refractivity (Wildman–Crippen MR) is 117 cm³/mol. The van der Waals surface area contributed by atoms with E-state index in [1.54, 1.807) is 0 Å². The molecule has 0 heterocycles. The summed E-state index contributed by atoms with van der Waals surface area (Å²) < 4.78 is 166. The molecule has 15 heteroatoms. The standard InChI is InChI=1S/C25H17F12NO2/c26-19-12-15(23(29,30)31)9-10-18(19)21(38(13-20(39)24(32,33)34)16-6-2-1-3-7-16)40-17-8-4-5-14(11-17)22(27,28)25(35,36)37/h1-12,20-21,39H,13H2. The number of hydrogen-bond acceptors (Lipinski definition) is 3. The van der Waals surface area contributed by atoms with Crippen LogP contribution in [0, 0.1) is 5.82 Å². The third-order valence-electron chi connectivity index (χ3n) is 5.51. The van der Waals surface area contributed by atoms with Gasteiger partial charge >= 0.3 is 24.5 Å². The number of alkyl halides is 11. The topological polar surface area (TPSA) is 32.7 Å². The number of halogens is 12. The van der Waals surface area contributed by atoms with Crippen LogP contribution in [0.15, 0.2) is 72.8 Å². The Labute approximate surface area is 218 Å². The van der Waals surface area contributed by atoms with Crippen LogP contribution in [0.1, 0.15) is 22.9 Å². The Morgan fingerprint density at radius 3 is 1.88 bits per heavy atom. The van der Waals surface area contributed by atoms with E-state index >= 15 is 4.39 Å². The molecule has 0 saturated heterocycles. The second-order valence-electron chi connectivity index (χ2n) is 8.35. The molecule has 2 atom stereocenters. The van der Waals surface area contributed by atoms with Crippen LogP contribution in [0.2, 0.25) is 0 Å². The van der Waals surface area contributed by atoms with E-state index in [0.717, 1.165) is 18.2 Å². The van der Waals surface area contributed by atoms with E-state index in [2.05, 4.69) is 0 Å². The molecule has 0 amide bonds. The molecule has 3 aromatic carbocycles. The molecule has 0 radical (unpaired) electrons. The Balaban J connectivity index is 2.19. The number of nitrogens with zero attached hydrogens (tertiary/aromatic N) is 1. The van der Waals surface area contributed by atoms with Crippen molar-refractivity contribution in [3.05, 3.63) is 95.3 Å². The molecular formula is C25H17F12NO2. The number of aliphatic hydroxyl groups excluding tert-OH is 1. The molecule has 0 bridgehead atoms. The smallest absolute Gasteiger partial charge is 0.458 e. The van der Waals surface area contributed by atoms with E-state index in [4.69, 9.17) is 4.74 Å². The molecule has 0 aliphatic rings. The predicted octanol–water partition coefficient (Wildman–Crippen LogP) is 8.01. The average Bonchev–Trinajstić information content (AvgIpc) is 2.85. The summed E-state index contributed by atoms with van der Waals surface area (Å²) in [4.78, 5) is 0.568. The maximum atomic E-state index is 15.0. The lowest BCUT2D eigenvalue weighted by molar-refractivity contribution is -0.289. The van der Waals surface area contributed by atoms with Gasteiger partial charge in [0.1, 0.15) is 11.6 Å². The monoisotopic (exact) mass is 591 g/mol. The fourth-order valence-corrected chi connectivity index (χ4v) is 3.50. The third-order valence-corrected chi connectivity index (χ3v) is 5.51. The largest absolute Gasteiger partial charge is 0.466 e. The molecule has 3 nitrogen and oxygen atoms in total. The van der Waals surface area contributed by atoms with Crippen LogP contribution in [0.4, 0.5) is 58.4 Å². The lowest BCUT2D eigenvalue weighted by Crippen LogP contribution is -2.44. The minimum Gasteiger partial charge on any atom is -0.466 e. The number of ether oxygens (including phenoxy) is 1. The first-order valence-electron chi connectivity index (χ1n) is 11.0. The molecule has 218 valence electrons. The quantitative estimate of drug-likeness (QED) is 0.213. The lowest BCUT2D eigenvalue weighted by Gasteiger charge is -2.36. The maximum absolute atomic E-state index is 15.0. The number of para-hydroxylation sites is 1. The van der Waals surface area contributed by atoms with Gasteiger partial charge < -0.3 is 14.7 Å². The first-order chi connectivity index (χ1) is 18.3. The summed E-state index contributed by atoms with van der Waals surface area (Å²) in [6.45, 7) is -1.41. The minimum atomic E-state index is -6.04. The molecule has 3 rings (SSSR count). The lowest BCUT2D eigenvalue weighted by atomic mass is 10.1. The second-order valence-corrected chi connectivity index (χ2v) is 8.35. The highest BCUT2D eigenvalue weighted by molar-refractivity contribution is 5.49. The zero-order chi connectivity index (χ0) is 30.1. The fourth-order valence-electron chi connectivity index (χ4n) is 3.50. The maximum Gasteiger partial charge on any atom is 0.458 e. The summed E-state index contributed by atoms with van der Waals surface area (Å²) in [6.07, 6.45) is -21.6. The van der Waals surface area contributed by atoms with Crippen molar-refractivity contribution in [2.24, 2.45) is 0 Å². The SMILES string of the molecule is OC(CN(c1ccccc1)C(Oc1cccc(C(F)(F)C(F)(F)F)c1)c1ccc(C(F)(F)F)cc1F)C(F)(F)F. The molecule has 0 aliphatic carbocycles. The van der Waals surface area contributed by atoms with E-state index < -0.39 is 71.6 Å². The van der Waals surface area contributed by atoms with Gasteiger partial charge in [-0.1, -0.05) is 30.3 Å². The molecule has 0 aliphatic heterocycles. The van der Waals surface area contributed by atoms with Crippen molar-refractivity contribution in [1.29, 1.82) is 0 Å². The Morgan fingerprint density at radius 2 is 1.35 bits per heavy atom. The van der Waals surface area contributed by atoms with Gasteiger partial charge in [-0.05, 0) is 42.5 Å². The van der Waals surface area contributed by atoms with Crippen molar-refractivity contribution in [2.75, 3.05) is 11.4 Å². The summed E-state index contributed by atoms with van der Waals surface area (Å²) in [5, 5.41) is 9.75. The zero-order valence-electron chi connectivity index (χ0n) is 19.6. The van der Waals surface area contributed by atoms with E-state index in [9.17, 15) is 53.4 Å². The molecule has 0 aromatic heterocycles. The van der Waals surface area contributed by atoms with Crippen molar-refractivity contribution in [2.45, 2.75) is 36.8 Å². The summed E-state index contributed by atoms with van der Waals surface area (Å²) >= 11 is 0. The van der Waals surface area contributed by atoms with Gasteiger partial charge in [0, 0.05) is 16.8 Å². The van der Waals surface area contributed by atoms with Crippen LogP contribution >= 0.6 is 0 Å². The van der Waals surface area contributed by atoms with Gasteiger partial charge in [0.2, 0.25) is 6.23 Å². The van der Waals surface area contributed by atoms with Crippen LogP contribution in [-0.2, 0) is 12.1 Å². The third kappa shape index (κ3) is 6.92. The van der Waals surface area contributed by atoms with Crippen molar-refractivity contribution in [1.82, 2.24) is 0 Å². The van der Waals surface area contributed by atoms with Gasteiger partial charge in [-0.3, -0.25) is 0 Å². The highest BCUT2D eigenvalue weighted by Crippen LogP contribution is 2.45. The molecular weight excluding hydrogens is 574 g/mol. The van der Waals surface area contributed by atoms with Crippen molar-refractivity contribution >= 4 is 5.69 Å². The van der Waals surface area contributed by atoms with E-state index in [1.807, 2.05) is 0 Å². The molecule has 3 aromatic rings. The second kappa shape index (κ2) is 11.1. The number of rotatable bonds is 8. The van der Waals surface area contributed by atoms with Crippen LogP contribution < -0.4 is 9.64 Å². The van der Waals surface area contributed by atoms with Gasteiger partial charge in [-0.25, -0.2) is 4.39 Å². The van der Waals surface area contributed by atoms with Crippen LogP contribution in [0.25, 0.3) is 0 Å². The molecule has 40 heavy (non-hydrogen) atoms. The number of aliphatic hydroxyl groups is 1. The van der Waals surface area contributed by atoms with Crippen molar-refractivity contribution in [3.63, 3.8) is 0 Å². The highest BCUT2D eigenvalue weighted by atomic mass is 19.4. The van der Waals surface area contributed by atoms with E-state index in [1.165, 1.54) is 18.2 Å². The van der Waals surface area contributed by atoms with Crippen LogP contribution in [0.5, 0.6) is 5.75 Å². The van der Waals surface area contributed by atoms with Crippen LogP contribution in [0.3, 0.4) is 0 Å². The van der Waals surface area contributed by atoms with Gasteiger partial charge in [0.25, 0.3) is 0 Å². The average molecular weight is 591 g/mol. The summed E-state index contributed by atoms with van der Waals surface area (Å²) in [6, 6.07) is 9.32. The molecule has 0 fully saturated rings. The number of benzene rings is 3. The van der Waals surface area contributed by atoms with Crippen molar-refractivity contribution < 1.29 is 62.5 Å². The molecule has 1 N–H and O–H groups in total. The number of hydrogen-bond donors (Lipinski definition) is 1. The Kier molecular flexibility index (Phi) is 8.58. The summed E-state index contributed by atoms with van der Waals surface area (Å²) in [7, 11) is 0. The van der Waals surface area contributed by atoms with Crippen LogP contribution in [-0.4, -0.2) is 30.1 Å². The Hall–Kier alpha value is -3.62. The normalized spacial score (nSPS) is 14.5. The van der Waals surface area contributed by atoms with Gasteiger partial charge in [0.15, 0.2) is 6.10 Å². The summed E-state index contributed by atoms with van der Waals surface area (Å²) in [5.41, 5.74) is -4.17. The van der Waals surface area contributed by atoms with Gasteiger partial charge in [-0.15, -0.1) is 0 Å². The Morgan fingerprint density at radius 1 is 0.725 bits per heavy atom. The minimum absolute atomic E-state index is 0.00325. The zero-order valence-corrected chi connectivity index (χ0v) is 19.6. The first kappa shape index (κ1) is 30.9. The number of anilines is 1. The van der Waals surface area contributed by atoms with E-state index in [-0.39, 0.29) is 17.8 Å². The van der Waals surface area contributed by atoms with E-state index in [0.29, 0.717) is 29.2 Å². The summed E-state index contributed by atoms with van der Waals surface area (Å²) in [5.74, 6) is -7.88. The van der Waals surface area contributed by atoms with Gasteiger partial charge in [0.05, 0.1) is 12.1 Å². The molecule has 0 spiro atoms. The molecule has 2 unspecified atom stereocenters. The Bertz CT molecular complexity index is 1290. The van der Waals surface area contributed by atoms with Crippen molar-refractivity contribution in [3.8, 4) is 5.75 Å². The fraction of sp³-hybridized carbons (Fsp3) is 0.280. The first-order valence-corrected chi connectivity index (χ1v) is 11.0. The van der Waals surface area contributed by atoms with Gasteiger partial charge in [-0.2, -0.15) is 48.3 Å². The highest BCUT2D eigenvalue weighted by Gasteiger charge is 2.58. The molecule has 0 saturated carbocycles.